The van der Waals surface area contributed by atoms with Crippen LogP contribution in [-0.4, -0.2) is 30.2 Å². The molecule has 0 amide bonds. The third kappa shape index (κ3) is 2.47. The second kappa shape index (κ2) is 5.36. The van der Waals surface area contributed by atoms with Crippen LogP contribution in [0, 0.1) is 21.4 Å². The van der Waals surface area contributed by atoms with Crippen LogP contribution in [0.15, 0.2) is 23.1 Å². The van der Waals surface area contributed by atoms with Gasteiger partial charge < -0.3 is 0 Å². The first-order valence-corrected chi connectivity index (χ1v) is 7.55. The van der Waals surface area contributed by atoms with E-state index in [-0.39, 0.29) is 22.2 Å². The summed E-state index contributed by atoms with van der Waals surface area (Å²) in [5, 5.41) is 19.3. The lowest BCUT2D eigenvalue weighted by Gasteiger charge is -2.19. The van der Waals surface area contributed by atoms with E-state index < -0.39 is 21.0 Å². The summed E-state index contributed by atoms with van der Waals surface area (Å²) >= 11 is 5.83. The molecule has 1 atom stereocenters. The van der Waals surface area contributed by atoms with E-state index in [4.69, 9.17) is 16.9 Å². The molecule has 0 aliphatic carbocycles. The molecule has 1 aromatic rings. The van der Waals surface area contributed by atoms with Gasteiger partial charge in [0.05, 0.1) is 16.0 Å². The van der Waals surface area contributed by atoms with E-state index in [1.165, 1.54) is 0 Å². The summed E-state index contributed by atoms with van der Waals surface area (Å²) in [5.41, 5.74) is -0.285. The molecule has 1 heterocycles. The minimum Gasteiger partial charge on any atom is -0.258 e. The van der Waals surface area contributed by atoms with Crippen LogP contribution in [-0.2, 0) is 10.0 Å². The highest BCUT2D eigenvalue weighted by Gasteiger charge is 2.36. The minimum atomic E-state index is -3.92. The van der Waals surface area contributed by atoms with Gasteiger partial charge in [-0.25, -0.2) is 8.42 Å². The predicted octanol–water partition coefficient (Wildman–Crippen LogP) is 1.92. The summed E-state index contributed by atoms with van der Waals surface area (Å²) in [7, 11) is -3.92. The number of benzene rings is 1. The van der Waals surface area contributed by atoms with Gasteiger partial charge in [-0.15, -0.1) is 0 Å². The highest BCUT2D eigenvalue weighted by Crippen LogP contribution is 2.31. The lowest BCUT2D eigenvalue weighted by Crippen LogP contribution is -2.34. The lowest BCUT2D eigenvalue weighted by molar-refractivity contribution is -0.384. The lowest BCUT2D eigenvalue weighted by atomic mass is 10.2. The van der Waals surface area contributed by atoms with Gasteiger partial charge in [0.2, 0.25) is 10.0 Å². The van der Waals surface area contributed by atoms with Gasteiger partial charge in [0.1, 0.15) is 10.9 Å². The number of hydrogen-bond acceptors (Lipinski definition) is 5. The van der Waals surface area contributed by atoms with Gasteiger partial charge in [-0.05, 0) is 18.9 Å². The number of rotatable bonds is 3. The maximum Gasteiger partial charge on any atom is 0.271 e. The van der Waals surface area contributed by atoms with Crippen LogP contribution in [0.25, 0.3) is 0 Å². The molecule has 1 aromatic carbocycles. The van der Waals surface area contributed by atoms with Gasteiger partial charge in [0.15, 0.2) is 0 Å². The number of nitro benzene ring substituents is 1. The van der Waals surface area contributed by atoms with Gasteiger partial charge in [-0.2, -0.15) is 9.57 Å². The third-order valence-corrected chi connectivity index (χ3v) is 5.46. The van der Waals surface area contributed by atoms with E-state index >= 15 is 0 Å². The van der Waals surface area contributed by atoms with E-state index in [2.05, 4.69) is 0 Å². The molecule has 0 N–H and O–H groups in total. The Hall–Kier alpha value is -1.69. The molecule has 1 unspecified atom stereocenters. The number of nitro groups is 1. The van der Waals surface area contributed by atoms with Gasteiger partial charge in [-0.3, -0.25) is 10.1 Å². The van der Waals surface area contributed by atoms with Crippen molar-refractivity contribution in [2.75, 3.05) is 6.54 Å². The van der Waals surface area contributed by atoms with Crippen LogP contribution in [0.4, 0.5) is 5.69 Å². The summed E-state index contributed by atoms with van der Waals surface area (Å²) in [5.74, 6) is 0. The fraction of sp³-hybridized carbons (Fsp3) is 0.364. The van der Waals surface area contributed by atoms with Crippen molar-refractivity contribution in [1.82, 2.24) is 4.31 Å². The summed E-state index contributed by atoms with van der Waals surface area (Å²) < 4.78 is 25.9. The first kappa shape index (κ1) is 14.7. The maximum atomic E-state index is 12.4. The Labute approximate surface area is 120 Å². The SMILES string of the molecule is N#CC1CCCN1S(=O)(=O)c1ccc([N+](=O)[O-])cc1Cl. The van der Waals surface area contributed by atoms with Gasteiger partial charge in [-0.1, -0.05) is 11.6 Å². The number of hydrogen-bond donors (Lipinski definition) is 0. The molecule has 1 saturated heterocycles. The second-order valence-corrected chi connectivity index (χ2v) is 6.54. The van der Waals surface area contributed by atoms with Crippen LogP contribution >= 0.6 is 11.6 Å². The van der Waals surface area contributed by atoms with Gasteiger partial charge >= 0.3 is 0 Å². The van der Waals surface area contributed by atoms with Crippen molar-refractivity contribution in [3.63, 3.8) is 0 Å². The van der Waals surface area contributed by atoms with Crippen molar-refractivity contribution >= 4 is 27.3 Å². The summed E-state index contributed by atoms with van der Waals surface area (Å²) in [6.07, 6.45) is 1.07. The van der Waals surface area contributed by atoms with Gasteiger partial charge in [0, 0.05) is 18.7 Å². The van der Waals surface area contributed by atoms with Crippen molar-refractivity contribution in [3.8, 4) is 6.07 Å². The number of sulfonamides is 1. The molecule has 106 valence electrons. The topological polar surface area (TPSA) is 104 Å². The zero-order valence-corrected chi connectivity index (χ0v) is 11.8. The highest BCUT2D eigenvalue weighted by molar-refractivity contribution is 7.89. The third-order valence-electron chi connectivity index (χ3n) is 3.07. The summed E-state index contributed by atoms with van der Waals surface area (Å²) in [4.78, 5) is 9.74. The summed E-state index contributed by atoms with van der Waals surface area (Å²) in [6, 6.07) is 4.39. The van der Waals surface area contributed by atoms with E-state index in [1.807, 2.05) is 6.07 Å². The van der Waals surface area contributed by atoms with Crippen LogP contribution in [0.1, 0.15) is 12.8 Å². The molecule has 0 radical (unpaired) electrons. The average Bonchev–Trinajstić information content (AvgIpc) is 2.87. The van der Waals surface area contributed by atoms with Gasteiger partial charge in [0.25, 0.3) is 5.69 Å². The van der Waals surface area contributed by atoms with Crippen molar-refractivity contribution in [2.24, 2.45) is 0 Å². The zero-order chi connectivity index (χ0) is 14.9. The molecule has 20 heavy (non-hydrogen) atoms. The van der Waals surface area contributed by atoms with Crippen LogP contribution in [0.2, 0.25) is 5.02 Å². The molecule has 0 saturated carbocycles. The van der Waals surface area contributed by atoms with Crippen LogP contribution < -0.4 is 0 Å². The van der Waals surface area contributed by atoms with E-state index in [0.29, 0.717) is 12.8 Å². The molecule has 1 aliphatic rings. The molecule has 0 aromatic heterocycles. The zero-order valence-electron chi connectivity index (χ0n) is 10.2. The molecule has 9 heteroatoms. The van der Waals surface area contributed by atoms with E-state index in [9.17, 15) is 18.5 Å². The van der Waals surface area contributed by atoms with Crippen molar-refractivity contribution in [3.05, 3.63) is 33.3 Å². The molecule has 1 fully saturated rings. The van der Waals surface area contributed by atoms with Crippen molar-refractivity contribution < 1.29 is 13.3 Å². The molecule has 7 nitrogen and oxygen atoms in total. The first-order valence-electron chi connectivity index (χ1n) is 5.73. The Morgan fingerprint density at radius 1 is 1.50 bits per heavy atom. The molecule has 2 rings (SSSR count). The smallest absolute Gasteiger partial charge is 0.258 e. The van der Waals surface area contributed by atoms with Crippen LogP contribution in [0.5, 0.6) is 0 Å². The number of nitriles is 1. The average molecular weight is 316 g/mol. The number of non-ortho nitro benzene ring substituents is 1. The van der Waals surface area contributed by atoms with Crippen molar-refractivity contribution in [2.45, 2.75) is 23.8 Å². The Balaban J connectivity index is 2.45. The maximum absolute atomic E-state index is 12.4. The number of nitrogens with zero attached hydrogens (tertiary/aromatic N) is 3. The standard InChI is InChI=1S/C11H10ClN3O4S/c12-10-6-8(15(16)17)3-4-11(10)20(18,19)14-5-1-2-9(14)7-13/h3-4,6,9H,1-2,5H2. The molecule has 0 spiro atoms. The first-order chi connectivity index (χ1) is 9.37. The predicted molar refractivity (Wildman–Crippen MR) is 70.6 cm³/mol. The van der Waals surface area contributed by atoms with E-state index in [0.717, 1.165) is 22.5 Å². The minimum absolute atomic E-state index is 0.216. The molecule has 1 aliphatic heterocycles. The Bertz CT molecular complexity index is 698. The Morgan fingerprint density at radius 2 is 2.20 bits per heavy atom. The highest BCUT2D eigenvalue weighted by atomic mass is 35.5. The summed E-state index contributed by atoms with van der Waals surface area (Å²) in [6.45, 7) is 0.244. The second-order valence-electron chi connectivity index (χ2n) is 4.27. The fourth-order valence-electron chi connectivity index (χ4n) is 2.10. The fourth-order valence-corrected chi connectivity index (χ4v) is 4.22. The van der Waals surface area contributed by atoms with Crippen molar-refractivity contribution in [1.29, 1.82) is 5.26 Å². The van der Waals surface area contributed by atoms with Crippen LogP contribution in [0.3, 0.4) is 0 Å². The Kier molecular flexibility index (Phi) is 3.94. The molecular weight excluding hydrogens is 306 g/mol. The normalized spacial score (nSPS) is 19.7. The molecular formula is C11H10ClN3O4S. The largest absolute Gasteiger partial charge is 0.271 e. The number of halogens is 1. The molecule has 0 bridgehead atoms. The van der Waals surface area contributed by atoms with E-state index in [1.54, 1.807) is 0 Å². The quantitative estimate of drug-likeness (QED) is 0.626. The Morgan fingerprint density at radius 3 is 2.75 bits per heavy atom. The monoisotopic (exact) mass is 315 g/mol.